The molecule has 0 spiro atoms. The first kappa shape index (κ1) is 12.6. The van der Waals surface area contributed by atoms with Crippen molar-refractivity contribution in [2.24, 2.45) is 11.7 Å². The van der Waals surface area contributed by atoms with Gasteiger partial charge in [-0.25, -0.2) is 0 Å². The Morgan fingerprint density at radius 2 is 2.11 bits per heavy atom. The van der Waals surface area contributed by atoms with E-state index in [1.807, 2.05) is 6.07 Å². The van der Waals surface area contributed by atoms with Crippen LogP contribution >= 0.6 is 0 Å². The molecule has 1 atom stereocenters. The summed E-state index contributed by atoms with van der Waals surface area (Å²) in [7, 11) is 1.80. The Morgan fingerprint density at radius 1 is 1.50 bits per heavy atom. The van der Waals surface area contributed by atoms with Crippen molar-refractivity contribution in [2.75, 3.05) is 13.6 Å². The Morgan fingerprint density at radius 3 is 2.56 bits per heavy atom. The van der Waals surface area contributed by atoms with Gasteiger partial charge < -0.3 is 10.6 Å². The summed E-state index contributed by atoms with van der Waals surface area (Å²) in [4.78, 5) is 14.0. The van der Waals surface area contributed by atoms with Crippen LogP contribution in [0.3, 0.4) is 0 Å². The van der Waals surface area contributed by atoms with Gasteiger partial charge >= 0.3 is 0 Å². The summed E-state index contributed by atoms with van der Waals surface area (Å²) in [6.07, 6.45) is 2.32. The molecule has 4 nitrogen and oxygen atoms in total. The number of nitrogens with two attached hydrogens (primary N) is 1. The molecule has 1 unspecified atom stereocenters. The van der Waals surface area contributed by atoms with Gasteiger partial charge in [-0.3, -0.25) is 4.79 Å². The molecule has 0 saturated heterocycles. The standard InChI is InChI=1S/C14H17N3O/c1-17(13(9-16)11-6-7-11)14(18)12-4-2-10(8-15)3-5-12/h2-5,11,13H,6-7,9,16H2,1H3. The molecule has 1 amide bonds. The molecule has 1 aromatic rings. The normalized spacial score (nSPS) is 15.8. The predicted molar refractivity (Wildman–Crippen MR) is 68.8 cm³/mol. The first-order valence-electron chi connectivity index (χ1n) is 6.14. The zero-order chi connectivity index (χ0) is 13.1. The summed E-state index contributed by atoms with van der Waals surface area (Å²) in [6.45, 7) is 0.503. The van der Waals surface area contributed by atoms with E-state index in [2.05, 4.69) is 0 Å². The van der Waals surface area contributed by atoms with E-state index in [4.69, 9.17) is 11.0 Å². The molecule has 1 aliphatic rings. The number of likely N-dealkylation sites (N-methyl/N-ethyl adjacent to an activating group) is 1. The van der Waals surface area contributed by atoms with Crippen LogP contribution in [0, 0.1) is 17.2 Å². The van der Waals surface area contributed by atoms with Gasteiger partial charge in [0.2, 0.25) is 0 Å². The van der Waals surface area contributed by atoms with Crippen LogP contribution in [0.2, 0.25) is 0 Å². The highest BCUT2D eigenvalue weighted by Gasteiger charge is 2.34. The largest absolute Gasteiger partial charge is 0.337 e. The van der Waals surface area contributed by atoms with Gasteiger partial charge in [-0.05, 0) is 43.0 Å². The lowest BCUT2D eigenvalue weighted by atomic mass is 10.1. The van der Waals surface area contributed by atoms with Gasteiger partial charge in [0, 0.05) is 25.2 Å². The lowest BCUT2D eigenvalue weighted by molar-refractivity contribution is 0.0718. The van der Waals surface area contributed by atoms with Crippen LogP contribution in [0.25, 0.3) is 0 Å². The van der Waals surface area contributed by atoms with E-state index in [0.717, 1.165) is 12.8 Å². The lowest BCUT2D eigenvalue weighted by Crippen LogP contribution is -2.43. The fraction of sp³-hybridized carbons (Fsp3) is 0.429. The van der Waals surface area contributed by atoms with E-state index in [-0.39, 0.29) is 11.9 Å². The fourth-order valence-corrected chi connectivity index (χ4v) is 2.19. The number of nitrogens with zero attached hydrogens (tertiary/aromatic N) is 2. The smallest absolute Gasteiger partial charge is 0.253 e. The minimum atomic E-state index is -0.0261. The second-order valence-corrected chi connectivity index (χ2v) is 4.75. The van der Waals surface area contributed by atoms with E-state index >= 15 is 0 Å². The van der Waals surface area contributed by atoms with Gasteiger partial charge in [0.15, 0.2) is 0 Å². The maximum absolute atomic E-state index is 12.3. The zero-order valence-corrected chi connectivity index (χ0v) is 10.5. The molecule has 1 aromatic carbocycles. The molecule has 1 saturated carbocycles. The van der Waals surface area contributed by atoms with Crippen molar-refractivity contribution in [3.8, 4) is 6.07 Å². The molecule has 1 aliphatic carbocycles. The summed E-state index contributed by atoms with van der Waals surface area (Å²) >= 11 is 0. The Kier molecular flexibility index (Phi) is 3.63. The van der Waals surface area contributed by atoms with Gasteiger partial charge in [0.1, 0.15) is 0 Å². The molecule has 0 aromatic heterocycles. The van der Waals surface area contributed by atoms with E-state index < -0.39 is 0 Å². The van der Waals surface area contributed by atoms with Crippen LogP contribution in [0.15, 0.2) is 24.3 Å². The molecule has 0 radical (unpaired) electrons. The molecule has 0 heterocycles. The molecule has 4 heteroatoms. The molecule has 1 fully saturated rings. The fourth-order valence-electron chi connectivity index (χ4n) is 2.19. The molecule has 0 aliphatic heterocycles. The second kappa shape index (κ2) is 5.19. The average molecular weight is 243 g/mol. The summed E-state index contributed by atoms with van der Waals surface area (Å²) in [5.74, 6) is 0.532. The summed E-state index contributed by atoms with van der Waals surface area (Å²) in [6, 6.07) is 8.88. The molecule has 18 heavy (non-hydrogen) atoms. The first-order chi connectivity index (χ1) is 8.67. The van der Waals surface area contributed by atoms with Crippen LogP contribution in [0.5, 0.6) is 0 Å². The monoisotopic (exact) mass is 243 g/mol. The van der Waals surface area contributed by atoms with Crippen molar-refractivity contribution in [2.45, 2.75) is 18.9 Å². The summed E-state index contributed by atoms with van der Waals surface area (Å²) in [5.41, 5.74) is 6.91. The predicted octanol–water partition coefficient (Wildman–Crippen LogP) is 1.37. The number of amides is 1. The van der Waals surface area contributed by atoms with Gasteiger partial charge in [0.25, 0.3) is 5.91 Å². The molecular weight excluding hydrogens is 226 g/mol. The van der Waals surface area contributed by atoms with Crippen molar-refractivity contribution >= 4 is 5.91 Å². The molecule has 2 rings (SSSR count). The molecular formula is C14H17N3O. The van der Waals surface area contributed by atoms with Crippen molar-refractivity contribution in [3.05, 3.63) is 35.4 Å². The highest BCUT2D eigenvalue weighted by Crippen LogP contribution is 2.34. The third-order valence-corrected chi connectivity index (χ3v) is 3.49. The Balaban J connectivity index is 2.11. The number of nitriles is 1. The molecule has 94 valence electrons. The minimum absolute atomic E-state index is 0.0261. The lowest BCUT2D eigenvalue weighted by Gasteiger charge is -2.27. The van der Waals surface area contributed by atoms with Gasteiger partial charge in [0.05, 0.1) is 11.6 Å². The second-order valence-electron chi connectivity index (χ2n) is 4.75. The topological polar surface area (TPSA) is 70.1 Å². The van der Waals surface area contributed by atoms with Crippen LogP contribution < -0.4 is 5.73 Å². The summed E-state index contributed by atoms with van der Waals surface area (Å²) < 4.78 is 0. The zero-order valence-electron chi connectivity index (χ0n) is 10.5. The van der Waals surface area contributed by atoms with Crippen LogP contribution in [0.1, 0.15) is 28.8 Å². The van der Waals surface area contributed by atoms with Crippen molar-refractivity contribution in [1.82, 2.24) is 4.90 Å². The number of rotatable bonds is 4. The van der Waals surface area contributed by atoms with Crippen molar-refractivity contribution < 1.29 is 4.79 Å². The minimum Gasteiger partial charge on any atom is -0.337 e. The number of benzene rings is 1. The number of carbonyl (C=O) groups excluding carboxylic acids is 1. The van der Waals surface area contributed by atoms with Crippen LogP contribution in [-0.4, -0.2) is 30.4 Å². The van der Waals surface area contributed by atoms with Crippen LogP contribution in [-0.2, 0) is 0 Å². The summed E-state index contributed by atoms with van der Waals surface area (Å²) in [5, 5.41) is 8.72. The van der Waals surface area contributed by atoms with E-state index in [1.165, 1.54) is 0 Å². The van der Waals surface area contributed by atoms with Crippen LogP contribution in [0.4, 0.5) is 0 Å². The van der Waals surface area contributed by atoms with Gasteiger partial charge in [-0.15, -0.1) is 0 Å². The van der Waals surface area contributed by atoms with Gasteiger partial charge in [-0.2, -0.15) is 5.26 Å². The van der Waals surface area contributed by atoms with E-state index in [1.54, 1.807) is 36.2 Å². The Bertz CT molecular complexity index is 471. The van der Waals surface area contributed by atoms with Crippen molar-refractivity contribution in [1.29, 1.82) is 5.26 Å². The Labute approximate surface area is 107 Å². The Hall–Kier alpha value is -1.86. The first-order valence-corrected chi connectivity index (χ1v) is 6.14. The number of hydrogen-bond acceptors (Lipinski definition) is 3. The van der Waals surface area contributed by atoms with Gasteiger partial charge in [-0.1, -0.05) is 0 Å². The van der Waals surface area contributed by atoms with Crippen molar-refractivity contribution in [3.63, 3.8) is 0 Å². The number of carbonyl (C=O) groups is 1. The maximum atomic E-state index is 12.3. The SMILES string of the molecule is CN(C(=O)c1ccc(C#N)cc1)C(CN)C1CC1. The van der Waals surface area contributed by atoms with E-state index in [9.17, 15) is 4.79 Å². The molecule has 2 N–H and O–H groups in total. The third kappa shape index (κ3) is 2.52. The average Bonchev–Trinajstić information content (AvgIpc) is 3.23. The molecule has 0 bridgehead atoms. The highest BCUT2D eigenvalue weighted by atomic mass is 16.2. The maximum Gasteiger partial charge on any atom is 0.253 e. The van der Waals surface area contributed by atoms with E-state index in [0.29, 0.717) is 23.6 Å². The number of hydrogen-bond donors (Lipinski definition) is 1. The third-order valence-electron chi connectivity index (χ3n) is 3.49. The quantitative estimate of drug-likeness (QED) is 0.868. The highest BCUT2D eigenvalue weighted by molar-refractivity contribution is 5.94.